The molecule has 45 heavy (non-hydrogen) atoms. The normalized spacial score (nSPS) is 13.6. The summed E-state index contributed by atoms with van der Waals surface area (Å²) < 4.78 is 2.49. The fraction of sp³-hybridized carbons (Fsp3) is 0.163. The minimum atomic E-state index is -0.0813. The zero-order chi connectivity index (χ0) is 30.9. The van der Waals surface area contributed by atoms with Gasteiger partial charge in [0.05, 0.1) is 16.7 Å². The predicted molar refractivity (Wildman–Crippen MR) is 192 cm³/mol. The molecule has 0 fully saturated rings. The number of nitrogens with zero attached hydrogens (tertiary/aromatic N) is 2. The van der Waals surface area contributed by atoms with Gasteiger partial charge in [-0.05, 0) is 81.8 Å². The second kappa shape index (κ2) is 9.97. The van der Waals surface area contributed by atoms with Crippen LogP contribution in [0.15, 0.2) is 140 Å². The highest BCUT2D eigenvalue weighted by atomic mass is 15.1. The zero-order valence-corrected chi connectivity index (χ0v) is 26.7. The topological polar surface area (TPSA) is 8.17 Å². The first-order chi connectivity index (χ1) is 21.7. The van der Waals surface area contributed by atoms with E-state index in [2.05, 4.69) is 184 Å². The van der Waals surface area contributed by atoms with Crippen LogP contribution >= 0.6 is 0 Å². The van der Waals surface area contributed by atoms with E-state index in [0.717, 1.165) is 17.1 Å². The van der Waals surface area contributed by atoms with Gasteiger partial charge in [0, 0.05) is 33.2 Å². The number of aromatic nitrogens is 1. The maximum absolute atomic E-state index is 2.49. The molecule has 1 aromatic heterocycles. The standard InChI is InChI=1S/C43H38N2/c1-42(2,3)31-21-23-32(24-22-31)44(33-16-11-15-30(27-33)29-13-7-6-8-14-29)34-25-26-39-36(28-34)35-17-12-19-38-41(35)45(39)40-20-10-9-18-37(40)43(38,4)5/h6-28H,1-5H3. The van der Waals surface area contributed by atoms with Gasteiger partial charge in [-0.25, -0.2) is 0 Å². The Bertz CT molecular complexity index is 2210. The largest absolute Gasteiger partial charge is 0.310 e. The van der Waals surface area contributed by atoms with Crippen LogP contribution in [0, 0.1) is 0 Å². The summed E-state index contributed by atoms with van der Waals surface area (Å²) in [5, 5.41) is 2.57. The van der Waals surface area contributed by atoms with Crippen LogP contribution < -0.4 is 4.90 Å². The van der Waals surface area contributed by atoms with E-state index < -0.39 is 0 Å². The molecule has 2 nitrogen and oxygen atoms in total. The lowest BCUT2D eigenvalue weighted by atomic mass is 9.75. The second-order valence-electron chi connectivity index (χ2n) is 13.9. The summed E-state index contributed by atoms with van der Waals surface area (Å²) in [6, 6.07) is 51.4. The van der Waals surface area contributed by atoms with Crippen molar-refractivity contribution in [1.29, 1.82) is 0 Å². The Morgan fingerprint density at radius 2 is 1.18 bits per heavy atom. The van der Waals surface area contributed by atoms with E-state index in [9.17, 15) is 0 Å². The number of hydrogen-bond acceptors (Lipinski definition) is 1. The van der Waals surface area contributed by atoms with Crippen molar-refractivity contribution in [3.63, 3.8) is 0 Å². The smallest absolute Gasteiger partial charge is 0.0582 e. The lowest BCUT2D eigenvalue weighted by Gasteiger charge is -2.34. The SMILES string of the molecule is CC(C)(C)c1ccc(N(c2cccc(-c3ccccc3)c2)c2ccc3c(c2)c2cccc4c2n3-c2ccccc2C4(C)C)cc1. The van der Waals surface area contributed by atoms with Gasteiger partial charge in [-0.15, -0.1) is 0 Å². The number of benzene rings is 6. The summed E-state index contributed by atoms with van der Waals surface area (Å²) in [6.45, 7) is 11.5. The van der Waals surface area contributed by atoms with E-state index in [4.69, 9.17) is 0 Å². The first kappa shape index (κ1) is 27.5. The van der Waals surface area contributed by atoms with Crippen LogP contribution in [0.5, 0.6) is 0 Å². The van der Waals surface area contributed by atoms with Crippen LogP contribution in [-0.4, -0.2) is 4.57 Å². The molecule has 2 heterocycles. The molecule has 1 aliphatic heterocycles. The van der Waals surface area contributed by atoms with Gasteiger partial charge in [0.1, 0.15) is 0 Å². The summed E-state index contributed by atoms with van der Waals surface area (Å²) in [7, 11) is 0. The van der Waals surface area contributed by atoms with Gasteiger partial charge in [0.15, 0.2) is 0 Å². The number of para-hydroxylation sites is 2. The molecule has 1 aliphatic rings. The van der Waals surface area contributed by atoms with Crippen LogP contribution in [0.2, 0.25) is 0 Å². The Hall–Kier alpha value is -5.08. The van der Waals surface area contributed by atoms with Crippen molar-refractivity contribution >= 4 is 38.9 Å². The zero-order valence-electron chi connectivity index (χ0n) is 26.7. The average Bonchev–Trinajstić information content (AvgIpc) is 3.39. The van der Waals surface area contributed by atoms with Crippen LogP contribution in [0.3, 0.4) is 0 Å². The Morgan fingerprint density at radius 3 is 1.96 bits per heavy atom. The molecule has 0 unspecified atom stereocenters. The predicted octanol–water partition coefficient (Wildman–Crippen LogP) is 11.9. The molecule has 7 aromatic rings. The maximum Gasteiger partial charge on any atom is 0.0582 e. The molecule has 0 saturated carbocycles. The van der Waals surface area contributed by atoms with Gasteiger partial charge >= 0.3 is 0 Å². The Kier molecular flexibility index (Phi) is 6.09. The van der Waals surface area contributed by atoms with Crippen molar-refractivity contribution in [2.45, 2.75) is 45.4 Å². The summed E-state index contributed by atoms with van der Waals surface area (Å²) in [4.78, 5) is 2.41. The van der Waals surface area contributed by atoms with Crippen LogP contribution in [0.4, 0.5) is 17.1 Å². The third-order valence-electron chi connectivity index (χ3n) is 9.72. The molecule has 0 atom stereocenters. The molecule has 0 spiro atoms. The Labute approximate surface area is 266 Å². The maximum atomic E-state index is 2.49. The second-order valence-corrected chi connectivity index (χ2v) is 13.9. The van der Waals surface area contributed by atoms with E-state index in [0.29, 0.717) is 0 Å². The van der Waals surface area contributed by atoms with Gasteiger partial charge in [-0.1, -0.05) is 126 Å². The van der Waals surface area contributed by atoms with Crippen molar-refractivity contribution < 1.29 is 0 Å². The lowest BCUT2D eigenvalue weighted by Crippen LogP contribution is -2.26. The van der Waals surface area contributed by atoms with E-state index in [-0.39, 0.29) is 10.8 Å². The highest BCUT2D eigenvalue weighted by Crippen LogP contribution is 2.48. The first-order valence-corrected chi connectivity index (χ1v) is 16.0. The Balaban J connectivity index is 1.37. The van der Waals surface area contributed by atoms with E-state index in [1.165, 1.54) is 55.3 Å². The molecule has 0 bridgehead atoms. The minimum absolute atomic E-state index is 0.0813. The molecule has 0 N–H and O–H groups in total. The van der Waals surface area contributed by atoms with Gasteiger partial charge in [0.25, 0.3) is 0 Å². The van der Waals surface area contributed by atoms with Gasteiger partial charge in [-0.2, -0.15) is 0 Å². The molecule has 6 aromatic carbocycles. The quantitative estimate of drug-likeness (QED) is 0.200. The van der Waals surface area contributed by atoms with E-state index in [1.807, 2.05) is 0 Å². The summed E-state index contributed by atoms with van der Waals surface area (Å²) in [5.41, 5.74) is 13.8. The lowest BCUT2D eigenvalue weighted by molar-refractivity contribution is 0.590. The Morgan fingerprint density at radius 1 is 0.533 bits per heavy atom. The van der Waals surface area contributed by atoms with Crippen molar-refractivity contribution in [3.8, 4) is 16.8 Å². The number of fused-ring (bicyclic) bond motifs is 5. The molecule has 0 amide bonds. The van der Waals surface area contributed by atoms with Crippen LogP contribution in [0.1, 0.15) is 51.3 Å². The monoisotopic (exact) mass is 582 g/mol. The van der Waals surface area contributed by atoms with Crippen LogP contribution in [0.25, 0.3) is 38.6 Å². The molecule has 220 valence electrons. The average molecular weight is 583 g/mol. The van der Waals surface area contributed by atoms with Crippen molar-refractivity contribution in [2.24, 2.45) is 0 Å². The van der Waals surface area contributed by atoms with Gasteiger partial charge in [0.2, 0.25) is 0 Å². The third kappa shape index (κ3) is 4.31. The highest BCUT2D eigenvalue weighted by Gasteiger charge is 2.34. The molecule has 0 radical (unpaired) electrons. The molecule has 8 rings (SSSR count). The summed E-state index contributed by atoms with van der Waals surface area (Å²) in [6.07, 6.45) is 0. The summed E-state index contributed by atoms with van der Waals surface area (Å²) in [5.74, 6) is 0. The van der Waals surface area contributed by atoms with Crippen molar-refractivity contribution in [1.82, 2.24) is 4.57 Å². The number of anilines is 3. The molecule has 0 saturated heterocycles. The number of rotatable bonds is 4. The number of hydrogen-bond donors (Lipinski definition) is 0. The van der Waals surface area contributed by atoms with E-state index in [1.54, 1.807) is 0 Å². The third-order valence-corrected chi connectivity index (χ3v) is 9.72. The highest BCUT2D eigenvalue weighted by molar-refractivity contribution is 6.12. The molecule has 0 aliphatic carbocycles. The van der Waals surface area contributed by atoms with Crippen molar-refractivity contribution in [2.75, 3.05) is 4.90 Å². The van der Waals surface area contributed by atoms with Crippen molar-refractivity contribution in [3.05, 3.63) is 156 Å². The minimum Gasteiger partial charge on any atom is -0.310 e. The molecule has 2 heteroatoms. The van der Waals surface area contributed by atoms with Crippen LogP contribution in [-0.2, 0) is 10.8 Å². The van der Waals surface area contributed by atoms with Gasteiger partial charge < -0.3 is 9.47 Å². The summed E-state index contributed by atoms with van der Waals surface area (Å²) >= 11 is 0. The molecular formula is C43H38N2. The fourth-order valence-electron chi connectivity index (χ4n) is 7.31. The molecular weight excluding hydrogens is 544 g/mol. The van der Waals surface area contributed by atoms with Gasteiger partial charge in [-0.3, -0.25) is 0 Å². The van der Waals surface area contributed by atoms with E-state index >= 15 is 0 Å². The fourth-order valence-corrected chi connectivity index (χ4v) is 7.31. The first-order valence-electron chi connectivity index (χ1n) is 16.0.